The van der Waals surface area contributed by atoms with E-state index in [1.807, 2.05) is 29.2 Å². The van der Waals surface area contributed by atoms with Crippen LogP contribution in [0.2, 0.25) is 5.02 Å². The summed E-state index contributed by atoms with van der Waals surface area (Å²) in [5.74, 6) is 0.213. The van der Waals surface area contributed by atoms with Crippen molar-refractivity contribution in [1.82, 2.24) is 10.2 Å². The van der Waals surface area contributed by atoms with Crippen molar-refractivity contribution in [2.75, 3.05) is 26.2 Å². The van der Waals surface area contributed by atoms with Crippen LogP contribution in [0, 0.1) is 0 Å². The van der Waals surface area contributed by atoms with E-state index >= 15 is 0 Å². The second kappa shape index (κ2) is 6.77. The molecular weight excluding hydrogens is 288 g/mol. The number of halogens is 1. The summed E-state index contributed by atoms with van der Waals surface area (Å²) in [6.45, 7) is 2.69. The fraction of sp³-hybridized carbons (Fsp3) is 0.562. The van der Waals surface area contributed by atoms with E-state index in [1.54, 1.807) is 0 Å². The van der Waals surface area contributed by atoms with Crippen molar-refractivity contribution in [3.63, 3.8) is 0 Å². The molecule has 2 fully saturated rings. The second-order valence-corrected chi connectivity index (χ2v) is 6.17. The monoisotopic (exact) mass is 308 g/mol. The molecule has 4 nitrogen and oxygen atoms in total. The van der Waals surface area contributed by atoms with Gasteiger partial charge in [0, 0.05) is 30.6 Å². The number of ether oxygens (including phenoxy) is 1. The molecule has 0 aromatic heterocycles. The minimum atomic E-state index is -0.0450. The second-order valence-electron chi connectivity index (χ2n) is 5.73. The van der Waals surface area contributed by atoms with E-state index in [0.29, 0.717) is 37.2 Å². The Morgan fingerprint density at radius 1 is 1.33 bits per heavy atom. The van der Waals surface area contributed by atoms with Crippen LogP contribution in [0.4, 0.5) is 0 Å². The van der Waals surface area contributed by atoms with Gasteiger partial charge in [0.2, 0.25) is 5.91 Å². The third kappa shape index (κ3) is 4.19. The zero-order valence-electron chi connectivity index (χ0n) is 12.1. The van der Waals surface area contributed by atoms with Crippen LogP contribution in [0.3, 0.4) is 0 Å². The van der Waals surface area contributed by atoms with Crippen molar-refractivity contribution in [3.05, 3.63) is 34.9 Å². The fourth-order valence-electron chi connectivity index (χ4n) is 2.58. The summed E-state index contributed by atoms with van der Waals surface area (Å²) in [4.78, 5) is 14.2. The lowest BCUT2D eigenvalue weighted by Gasteiger charge is -2.33. The van der Waals surface area contributed by atoms with Crippen molar-refractivity contribution in [3.8, 4) is 0 Å². The first-order chi connectivity index (χ1) is 10.2. The molecule has 1 unspecified atom stereocenters. The molecule has 0 bridgehead atoms. The first-order valence-electron chi connectivity index (χ1n) is 7.60. The number of amides is 1. The molecule has 2 aliphatic rings. The van der Waals surface area contributed by atoms with Crippen molar-refractivity contribution < 1.29 is 9.53 Å². The Bertz CT molecular complexity index is 488. The number of hydrogen-bond donors (Lipinski definition) is 1. The SMILES string of the molecule is O=C(CCNC1CC1)N1CCOC(c2ccc(Cl)cc2)C1. The predicted molar refractivity (Wildman–Crippen MR) is 82.4 cm³/mol. The Kier molecular flexibility index (Phi) is 4.78. The van der Waals surface area contributed by atoms with Crippen molar-refractivity contribution >= 4 is 17.5 Å². The Balaban J connectivity index is 1.51. The van der Waals surface area contributed by atoms with Gasteiger partial charge in [0.1, 0.15) is 6.10 Å². The maximum absolute atomic E-state index is 12.2. The quantitative estimate of drug-likeness (QED) is 0.908. The van der Waals surface area contributed by atoms with Crippen LogP contribution in [0.25, 0.3) is 0 Å². The number of nitrogens with zero attached hydrogens (tertiary/aromatic N) is 1. The van der Waals surface area contributed by atoms with Gasteiger partial charge in [-0.1, -0.05) is 23.7 Å². The van der Waals surface area contributed by atoms with E-state index in [1.165, 1.54) is 12.8 Å². The highest BCUT2D eigenvalue weighted by molar-refractivity contribution is 6.30. The first-order valence-corrected chi connectivity index (χ1v) is 7.98. The van der Waals surface area contributed by atoms with Gasteiger partial charge >= 0.3 is 0 Å². The topological polar surface area (TPSA) is 41.6 Å². The molecule has 1 aliphatic heterocycles. The summed E-state index contributed by atoms with van der Waals surface area (Å²) >= 11 is 5.91. The summed E-state index contributed by atoms with van der Waals surface area (Å²) in [6.07, 6.45) is 3.04. The Labute approximate surface area is 130 Å². The molecule has 21 heavy (non-hydrogen) atoms. The number of carbonyl (C=O) groups excluding carboxylic acids is 1. The van der Waals surface area contributed by atoms with Crippen molar-refractivity contribution in [1.29, 1.82) is 0 Å². The van der Waals surface area contributed by atoms with Crippen molar-refractivity contribution in [2.45, 2.75) is 31.4 Å². The zero-order chi connectivity index (χ0) is 14.7. The lowest BCUT2D eigenvalue weighted by Crippen LogP contribution is -2.43. The van der Waals surface area contributed by atoms with Crippen LogP contribution in [0.5, 0.6) is 0 Å². The highest BCUT2D eigenvalue weighted by atomic mass is 35.5. The molecule has 1 aliphatic carbocycles. The van der Waals surface area contributed by atoms with Gasteiger partial charge < -0.3 is 15.0 Å². The largest absolute Gasteiger partial charge is 0.370 e. The molecule has 1 aromatic carbocycles. The molecule has 1 aromatic rings. The van der Waals surface area contributed by atoms with Crippen LogP contribution in [-0.2, 0) is 9.53 Å². The summed E-state index contributed by atoms with van der Waals surface area (Å²) in [7, 11) is 0. The van der Waals surface area contributed by atoms with E-state index < -0.39 is 0 Å². The molecule has 1 saturated carbocycles. The average molecular weight is 309 g/mol. The maximum atomic E-state index is 12.2. The molecule has 114 valence electrons. The minimum absolute atomic E-state index is 0.0450. The van der Waals surface area contributed by atoms with Gasteiger partial charge in [0.05, 0.1) is 13.2 Å². The number of nitrogens with one attached hydrogen (secondary N) is 1. The van der Waals surface area contributed by atoms with Gasteiger partial charge in [-0.15, -0.1) is 0 Å². The van der Waals surface area contributed by atoms with E-state index in [2.05, 4.69) is 5.32 Å². The van der Waals surface area contributed by atoms with Gasteiger partial charge in [-0.05, 0) is 30.5 Å². The van der Waals surface area contributed by atoms with Crippen LogP contribution >= 0.6 is 11.6 Å². The molecule has 1 heterocycles. The lowest BCUT2D eigenvalue weighted by atomic mass is 10.1. The molecule has 1 N–H and O–H groups in total. The van der Waals surface area contributed by atoms with Gasteiger partial charge in [-0.2, -0.15) is 0 Å². The fourth-order valence-corrected chi connectivity index (χ4v) is 2.71. The molecule has 1 amide bonds. The summed E-state index contributed by atoms with van der Waals surface area (Å²) in [6, 6.07) is 8.32. The smallest absolute Gasteiger partial charge is 0.224 e. The van der Waals surface area contributed by atoms with E-state index in [-0.39, 0.29) is 12.0 Å². The molecule has 0 radical (unpaired) electrons. The van der Waals surface area contributed by atoms with Crippen LogP contribution < -0.4 is 5.32 Å². The first kappa shape index (κ1) is 14.8. The maximum Gasteiger partial charge on any atom is 0.224 e. The molecule has 1 saturated heterocycles. The minimum Gasteiger partial charge on any atom is -0.370 e. The number of rotatable bonds is 5. The van der Waals surface area contributed by atoms with Gasteiger partial charge in [0.15, 0.2) is 0 Å². The molecule has 0 spiro atoms. The highest BCUT2D eigenvalue weighted by Gasteiger charge is 2.26. The Morgan fingerprint density at radius 3 is 2.81 bits per heavy atom. The lowest BCUT2D eigenvalue weighted by molar-refractivity contribution is -0.138. The Morgan fingerprint density at radius 2 is 2.10 bits per heavy atom. The summed E-state index contributed by atoms with van der Waals surface area (Å²) in [5, 5.41) is 4.10. The van der Waals surface area contributed by atoms with Crippen LogP contribution in [-0.4, -0.2) is 43.1 Å². The highest BCUT2D eigenvalue weighted by Crippen LogP contribution is 2.24. The normalized spacial score (nSPS) is 22.3. The zero-order valence-corrected chi connectivity index (χ0v) is 12.8. The summed E-state index contributed by atoms with van der Waals surface area (Å²) in [5.41, 5.74) is 1.08. The number of benzene rings is 1. The molecule has 3 rings (SSSR count). The third-order valence-electron chi connectivity index (χ3n) is 4.01. The van der Waals surface area contributed by atoms with E-state index in [4.69, 9.17) is 16.3 Å². The van der Waals surface area contributed by atoms with E-state index in [0.717, 1.165) is 12.1 Å². The number of carbonyl (C=O) groups is 1. The van der Waals surface area contributed by atoms with Crippen molar-refractivity contribution in [2.24, 2.45) is 0 Å². The number of morpholine rings is 1. The number of hydrogen-bond acceptors (Lipinski definition) is 3. The molecular formula is C16H21ClN2O2. The van der Waals surface area contributed by atoms with Gasteiger partial charge in [0.25, 0.3) is 0 Å². The van der Waals surface area contributed by atoms with Crippen LogP contribution in [0.15, 0.2) is 24.3 Å². The average Bonchev–Trinajstić information content (AvgIpc) is 3.32. The van der Waals surface area contributed by atoms with E-state index in [9.17, 15) is 4.79 Å². The standard InChI is InChI=1S/C16H21ClN2O2/c17-13-3-1-12(2-4-13)15-11-19(9-10-21-15)16(20)7-8-18-14-5-6-14/h1-4,14-15,18H,5-11H2. The van der Waals surface area contributed by atoms with Gasteiger partial charge in [-0.25, -0.2) is 0 Å². The molecule has 1 atom stereocenters. The van der Waals surface area contributed by atoms with Crippen LogP contribution in [0.1, 0.15) is 30.9 Å². The summed E-state index contributed by atoms with van der Waals surface area (Å²) < 4.78 is 5.78. The Hall–Kier alpha value is -1.10. The third-order valence-corrected chi connectivity index (χ3v) is 4.26. The molecule has 5 heteroatoms. The predicted octanol–water partition coefficient (Wildman–Crippen LogP) is 2.38. The van der Waals surface area contributed by atoms with Gasteiger partial charge in [-0.3, -0.25) is 4.79 Å².